The zero-order valence-corrected chi connectivity index (χ0v) is 8.63. The summed E-state index contributed by atoms with van der Waals surface area (Å²) in [5.74, 6) is 0.350. The average Bonchev–Trinajstić information content (AvgIpc) is 2.46. The van der Waals surface area contributed by atoms with Gasteiger partial charge in [-0.1, -0.05) is 5.16 Å². The lowest BCUT2D eigenvalue weighted by Crippen LogP contribution is -2.38. The van der Waals surface area contributed by atoms with Crippen LogP contribution in [0.25, 0.3) is 0 Å². The van der Waals surface area contributed by atoms with Crippen molar-refractivity contribution >= 4 is 5.91 Å². The highest BCUT2D eigenvalue weighted by molar-refractivity contribution is 5.96. The number of carbonyl (C=O) groups excluding carboxylic acids is 1. The summed E-state index contributed by atoms with van der Waals surface area (Å²) in [5.41, 5.74) is 6.50. The lowest BCUT2D eigenvalue weighted by Gasteiger charge is -2.10. The third-order valence-corrected chi connectivity index (χ3v) is 1.99. The molecule has 0 radical (unpaired) electrons. The molecule has 5 heteroatoms. The zero-order chi connectivity index (χ0) is 10.7. The van der Waals surface area contributed by atoms with E-state index < -0.39 is 0 Å². The van der Waals surface area contributed by atoms with Crippen LogP contribution in [0.5, 0.6) is 0 Å². The number of aryl methyl sites for hydroxylation is 2. The molecule has 0 aliphatic rings. The molecule has 1 atom stereocenters. The molecule has 0 saturated carbocycles. The smallest absolute Gasteiger partial charge is 0.257 e. The third-order valence-electron chi connectivity index (χ3n) is 1.99. The Morgan fingerprint density at radius 3 is 2.71 bits per heavy atom. The maximum Gasteiger partial charge on any atom is 0.257 e. The van der Waals surface area contributed by atoms with Crippen molar-refractivity contribution in [2.45, 2.75) is 26.8 Å². The number of carbonyl (C=O) groups is 1. The highest BCUT2D eigenvalue weighted by Gasteiger charge is 2.18. The normalized spacial score (nSPS) is 12.6. The van der Waals surface area contributed by atoms with E-state index in [-0.39, 0.29) is 11.9 Å². The maximum absolute atomic E-state index is 11.7. The summed E-state index contributed by atoms with van der Waals surface area (Å²) < 4.78 is 4.89. The van der Waals surface area contributed by atoms with E-state index in [0.717, 1.165) is 0 Å². The number of nitrogens with one attached hydrogen (secondary N) is 1. The third kappa shape index (κ3) is 2.11. The molecule has 1 amide bonds. The van der Waals surface area contributed by atoms with Crippen molar-refractivity contribution in [1.29, 1.82) is 0 Å². The Bertz CT molecular complexity index is 313. The quantitative estimate of drug-likeness (QED) is 0.733. The monoisotopic (exact) mass is 197 g/mol. The zero-order valence-electron chi connectivity index (χ0n) is 8.63. The summed E-state index contributed by atoms with van der Waals surface area (Å²) in [7, 11) is 0. The Morgan fingerprint density at radius 2 is 2.29 bits per heavy atom. The summed E-state index contributed by atoms with van der Waals surface area (Å²) in [4.78, 5) is 11.7. The molecule has 0 bridgehead atoms. The van der Waals surface area contributed by atoms with E-state index in [0.29, 0.717) is 23.6 Å². The molecular weight excluding hydrogens is 182 g/mol. The van der Waals surface area contributed by atoms with Crippen molar-refractivity contribution in [3.63, 3.8) is 0 Å². The van der Waals surface area contributed by atoms with Crippen LogP contribution < -0.4 is 11.1 Å². The molecule has 0 aliphatic carbocycles. The Balaban J connectivity index is 2.79. The number of aromatic nitrogens is 1. The fourth-order valence-corrected chi connectivity index (χ4v) is 1.16. The van der Waals surface area contributed by atoms with Crippen LogP contribution >= 0.6 is 0 Å². The molecule has 78 valence electrons. The van der Waals surface area contributed by atoms with Gasteiger partial charge in [0.15, 0.2) is 0 Å². The van der Waals surface area contributed by atoms with Crippen LogP contribution in [0.15, 0.2) is 4.52 Å². The van der Waals surface area contributed by atoms with Gasteiger partial charge in [0.1, 0.15) is 11.3 Å². The summed E-state index contributed by atoms with van der Waals surface area (Å²) >= 11 is 0. The van der Waals surface area contributed by atoms with Gasteiger partial charge in [-0.05, 0) is 20.8 Å². The van der Waals surface area contributed by atoms with Crippen LogP contribution in [-0.2, 0) is 0 Å². The molecule has 0 saturated heterocycles. The summed E-state index contributed by atoms with van der Waals surface area (Å²) in [5, 5.41) is 6.45. The van der Waals surface area contributed by atoms with E-state index >= 15 is 0 Å². The van der Waals surface area contributed by atoms with Crippen molar-refractivity contribution in [2.75, 3.05) is 6.54 Å². The Kier molecular flexibility index (Phi) is 3.24. The standard InChI is InChI=1S/C9H15N3O2/c1-5(4-10)11-9(13)8-6(2)12-14-7(8)3/h5H,4,10H2,1-3H3,(H,11,13)/t5-/m1/s1. The van der Waals surface area contributed by atoms with Crippen molar-refractivity contribution in [3.05, 3.63) is 17.0 Å². The summed E-state index contributed by atoms with van der Waals surface area (Å²) in [6, 6.07) is -0.0452. The van der Waals surface area contributed by atoms with Crippen molar-refractivity contribution in [3.8, 4) is 0 Å². The summed E-state index contributed by atoms with van der Waals surface area (Å²) in [6.07, 6.45) is 0. The number of nitrogens with zero attached hydrogens (tertiary/aromatic N) is 1. The lowest BCUT2D eigenvalue weighted by atomic mass is 10.2. The van der Waals surface area contributed by atoms with Crippen LogP contribution in [0.4, 0.5) is 0 Å². The molecule has 0 unspecified atom stereocenters. The topological polar surface area (TPSA) is 81.2 Å². The van der Waals surface area contributed by atoms with E-state index in [4.69, 9.17) is 10.3 Å². The minimum absolute atomic E-state index is 0.0452. The van der Waals surface area contributed by atoms with Gasteiger partial charge in [-0.3, -0.25) is 4.79 Å². The minimum atomic E-state index is -0.181. The van der Waals surface area contributed by atoms with Crippen LogP contribution in [0.3, 0.4) is 0 Å². The second-order valence-corrected chi connectivity index (χ2v) is 3.31. The van der Waals surface area contributed by atoms with E-state index in [1.807, 2.05) is 6.92 Å². The highest BCUT2D eigenvalue weighted by Crippen LogP contribution is 2.11. The largest absolute Gasteiger partial charge is 0.361 e. The van der Waals surface area contributed by atoms with Gasteiger partial charge in [-0.25, -0.2) is 0 Å². The predicted octanol–water partition coefficient (Wildman–Crippen LogP) is 0.368. The molecule has 1 aromatic heterocycles. The number of hydrogen-bond acceptors (Lipinski definition) is 4. The van der Waals surface area contributed by atoms with Gasteiger partial charge < -0.3 is 15.6 Å². The molecule has 5 nitrogen and oxygen atoms in total. The number of nitrogens with two attached hydrogens (primary N) is 1. The molecule has 1 aromatic rings. The van der Waals surface area contributed by atoms with Crippen molar-refractivity contribution in [2.24, 2.45) is 5.73 Å². The van der Waals surface area contributed by atoms with Crippen LogP contribution in [0.1, 0.15) is 28.7 Å². The highest BCUT2D eigenvalue weighted by atomic mass is 16.5. The predicted molar refractivity (Wildman–Crippen MR) is 52.0 cm³/mol. The number of rotatable bonds is 3. The van der Waals surface area contributed by atoms with Gasteiger partial charge in [0.05, 0.1) is 5.69 Å². The Hall–Kier alpha value is -1.36. The molecule has 1 heterocycles. The summed E-state index contributed by atoms with van der Waals surface area (Å²) in [6.45, 7) is 5.70. The van der Waals surface area contributed by atoms with Crippen LogP contribution in [-0.4, -0.2) is 23.7 Å². The van der Waals surface area contributed by atoms with E-state index in [1.54, 1.807) is 13.8 Å². The number of hydrogen-bond donors (Lipinski definition) is 2. The first-order valence-electron chi connectivity index (χ1n) is 4.50. The lowest BCUT2D eigenvalue weighted by molar-refractivity contribution is 0.0939. The van der Waals surface area contributed by atoms with E-state index in [1.165, 1.54) is 0 Å². The molecule has 0 fully saturated rings. The second kappa shape index (κ2) is 4.23. The SMILES string of the molecule is Cc1noc(C)c1C(=O)N[C@H](C)CN. The van der Waals surface area contributed by atoms with Crippen molar-refractivity contribution < 1.29 is 9.32 Å². The maximum atomic E-state index is 11.7. The van der Waals surface area contributed by atoms with E-state index in [9.17, 15) is 4.79 Å². The fourth-order valence-electron chi connectivity index (χ4n) is 1.16. The Morgan fingerprint density at radius 1 is 1.64 bits per heavy atom. The van der Waals surface area contributed by atoms with Gasteiger partial charge in [0, 0.05) is 12.6 Å². The van der Waals surface area contributed by atoms with Gasteiger partial charge in [-0.15, -0.1) is 0 Å². The molecule has 3 N–H and O–H groups in total. The average molecular weight is 197 g/mol. The van der Waals surface area contributed by atoms with Crippen LogP contribution in [0, 0.1) is 13.8 Å². The molecule has 1 rings (SSSR count). The Labute approximate surface area is 82.6 Å². The van der Waals surface area contributed by atoms with Gasteiger partial charge in [0.25, 0.3) is 5.91 Å². The van der Waals surface area contributed by atoms with Gasteiger partial charge >= 0.3 is 0 Å². The molecule has 0 spiro atoms. The molecule has 14 heavy (non-hydrogen) atoms. The first kappa shape index (κ1) is 10.7. The van der Waals surface area contributed by atoms with Gasteiger partial charge in [-0.2, -0.15) is 0 Å². The van der Waals surface area contributed by atoms with Crippen LogP contribution in [0.2, 0.25) is 0 Å². The fraction of sp³-hybridized carbons (Fsp3) is 0.556. The first-order valence-corrected chi connectivity index (χ1v) is 4.50. The van der Waals surface area contributed by atoms with E-state index in [2.05, 4.69) is 10.5 Å². The van der Waals surface area contributed by atoms with Gasteiger partial charge in [0.2, 0.25) is 0 Å². The molecular formula is C9H15N3O2. The minimum Gasteiger partial charge on any atom is -0.361 e. The van der Waals surface area contributed by atoms with Crippen molar-refractivity contribution in [1.82, 2.24) is 10.5 Å². The second-order valence-electron chi connectivity index (χ2n) is 3.31. The first-order chi connectivity index (χ1) is 6.56. The number of amides is 1. The molecule has 0 aliphatic heterocycles. The molecule has 0 aromatic carbocycles.